The van der Waals surface area contributed by atoms with E-state index in [-0.39, 0.29) is 18.7 Å². The van der Waals surface area contributed by atoms with Crippen LogP contribution in [0, 0.1) is 0 Å². The molecule has 176 valence electrons. The molecule has 7 heteroatoms. The normalized spacial score (nSPS) is 19.8. The molecule has 2 aromatic carbocycles. The minimum absolute atomic E-state index is 0.289. The zero-order valence-corrected chi connectivity index (χ0v) is 20.4. The molecule has 2 unspecified atom stereocenters. The van der Waals surface area contributed by atoms with Crippen LogP contribution in [0.3, 0.4) is 0 Å². The van der Waals surface area contributed by atoms with Crippen molar-refractivity contribution in [3.63, 3.8) is 0 Å². The average Bonchev–Trinajstić information content (AvgIpc) is 3.46. The number of carbonyl (C=O) groups excluding carboxylic acids is 1. The number of ether oxygens (including phenoxy) is 2. The number of nitrogens with zero attached hydrogens (tertiary/aromatic N) is 2. The van der Waals surface area contributed by atoms with Crippen molar-refractivity contribution in [1.82, 2.24) is 4.98 Å². The number of benzene rings is 2. The van der Waals surface area contributed by atoms with Gasteiger partial charge in [0.1, 0.15) is 5.75 Å². The fourth-order valence-electron chi connectivity index (χ4n) is 4.79. The molecular weight excluding hydrogens is 471 g/mol. The van der Waals surface area contributed by atoms with E-state index in [2.05, 4.69) is 4.98 Å². The molecule has 0 radical (unpaired) electrons. The van der Waals surface area contributed by atoms with Gasteiger partial charge in [0.25, 0.3) is 0 Å². The first-order valence-electron chi connectivity index (χ1n) is 11.7. The van der Waals surface area contributed by atoms with Gasteiger partial charge in [-0.15, -0.1) is 11.6 Å². The molecule has 1 aliphatic heterocycles. The lowest BCUT2D eigenvalue weighted by Crippen LogP contribution is -2.37. The van der Waals surface area contributed by atoms with Crippen LogP contribution in [0.2, 0.25) is 5.02 Å². The van der Waals surface area contributed by atoms with Gasteiger partial charge in [-0.1, -0.05) is 17.7 Å². The summed E-state index contributed by atoms with van der Waals surface area (Å²) in [5.41, 5.74) is 4.29. The van der Waals surface area contributed by atoms with Crippen LogP contribution in [-0.2, 0) is 9.53 Å². The van der Waals surface area contributed by atoms with Crippen LogP contribution in [0.15, 0.2) is 60.8 Å². The maximum atomic E-state index is 13.0. The third-order valence-electron chi connectivity index (χ3n) is 6.41. The molecule has 34 heavy (non-hydrogen) atoms. The van der Waals surface area contributed by atoms with E-state index in [1.54, 1.807) is 19.2 Å². The standard InChI is InChI=1S/C27H26Cl2N2O3/c1-2-33-27(32)26-25(29)22-15-17(23-13-8-18(28)16-30-23)7-14-24(22)31(26)19-9-11-21(12-10-19)34-20-5-3-4-6-20/h7-16,20,25-26H,2-6H2,1H3. The summed E-state index contributed by atoms with van der Waals surface area (Å²) in [5.74, 6) is 0.491. The summed E-state index contributed by atoms with van der Waals surface area (Å²) in [5, 5.41) is 0.00440. The number of fused-ring (bicyclic) bond motifs is 1. The molecule has 1 aliphatic carbocycles. The van der Waals surface area contributed by atoms with Crippen molar-refractivity contribution in [3.8, 4) is 17.0 Å². The fraction of sp³-hybridized carbons (Fsp3) is 0.333. The summed E-state index contributed by atoms with van der Waals surface area (Å²) in [6.07, 6.45) is 6.55. The van der Waals surface area contributed by atoms with Crippen molar-refractivity contribution in [2.45, 2.75) is 50.1 Å². The van der Waals surface area contributed by atoms with Crippen molar-refractivity contribution < 1.29 is 14.3 Å². The summed E-state index contributed by atoms with van der Waals surface area (Å²) in [4.78, 5) is 19.4. The van der Waals surface area contributed by atoms with Crippen LogP contribution >= 0.6 is 23.2 Å². The average molecular weight is 497 g/mol. The number of alkyl halides is 1. The zero-order chi connectivity index (χ0) is 23.7. The molecule has 3 aromatic rings. The Bertz CT molecular complexity index is 1160. The third kappa shape index (κ3) is 4.47. The molecule has 1 aromatic heterocycles. The number of anilines is 2. The van der Waals surface area contributed by atoms with Gasteiger partial charge in [-0.2, -0.15) is 0 Å². The van der Waals surface area contributed by atoms with E-state index in [0.29, 0.717) is 5.02 Å². The molecule has 2 aliphatic rings. The van der Waals surface area contributed by atoms with Gasteiger partial charge in [-0.3, -0.25) is 4.98 Å². The number of hydrogen-bond donors (Lipinski definition) is 0. The van der Waals surface area contributed by atoms with E-state index in [9.17, 15) is 4.79 Å². The minimum Gasteiger partial charge on any atom is -0.490 e. The number of aromatic nitrogens is 1. The van der Waals surface area contributed by atoms with Crippen LogP contribution in [-0.4, -0.2) is 29.7 Å². The van der Waals surface area contributed by atoms with E-state index in [1.165, 1.54) is 12.8 Å². The topological polar surface area (TPSA) is 51.7 Å². The van der Waals surface area contributed by atoms with Gasteiger partial charge in [-0.25, -0.2) is 4.79 Å². The quantitative estimate of drug-likeness (QED) is 0.269. The molecule has 0 spiro atoms. The van der Waals surface area contributed by atoms with Crippen molar-refractivity contribution in [1.29, 1.82) is 0 Å². The number of esters is 1. The van der Waals surface area contributed by atoms with E-state index in [4.69, 9.17) is 32.7 Å². The Kier molecular flexibility index (Phi) is 6.66. The molecule has 5 rings (SSSR count). The number of pyridine rings is 1. The Labute approximate surface area is 209 Å². The predicted molar refractivity (Wildman–Crippen MR) is 135 cm³/mol. The maximum Gasteiger partial charge on any atom is 0.331 e. The SMILES string of the molecule is CCOC(=O)C1C(Cl)c2cc(-c3ccc(Cl)cn3)ccc2N1c1ccc(OC2CCCC2)cc1. The number of rotatable bonds is 6. The van der Waals surface area contributed by atoms with Crippen molar-refractivity contribution >= 4 is 40.5 Å². The molecule has 0 saturated heterocycles. The van der Waals surface area contributed by atoms with Gasteiger partial charge in [0, 0.05) is 23.1 Å². The van der Waals surface area contributed by atoms with Gasteiger partial charge in [0.15, 0.2) is 6.04 Å². The molecule has 0 N–H and O–H groups in total. The van der Waals surface area contributed by atoms with Crippen LogP contribution < -0.4 is 9.64 Å². The first kappa shape index (κ1) is 23.0. The molecule has 0 bridgehead atoms. The molecular formula is C27H26Cl2N2O3. The summed E-state index contributed by atoms with van der Waals surface area (Å²) in [7, 11) is 0. The van der Waals surface area contributed by atoms with E-state index < -0.39 is 11.4 Å². The number of halogens is 2. The Morgan fingerprint density at radius 3 is 2.53 bits per heavy atom. The monoisotopic (exact) mass is 496 g/mol. The fourth-order valence-corrected chi connectivity index (χ4v) is 5.29. The first-order valence-corrected chi connectivity index (χ1v) is 12.5. The van der Waals surface area contributed by atoms with Crippen molar-refractivity contribution in [2.75, 3.05) is 11.5 Å². The Hall–Kier alpha value is -2.76. The lowest BCUT2D eigenvalue weighted by atomic mass is 10.0. The Morgan fingerprint density at radius 2 is 1.85 bits per heavy atom. The van der Waals surface area contributed by atoms with Gasteiger partial charge in [-0.05, 0) is 86.7 Å². The smallest absolute Gasteiger partial charge is 0.331 e. The lowest BCUT2D eigenvalue weighted by molar-refractivity contribution is -0.144. The highest BCUT2D eigenvalue weighted by Gasteiger charge is 2.44. The Balaban J connectivity index is 1.49. The van der Waals surface area contributed by atoms with Crippen molar-refractivity contribution in [3.05, 3.63) is 71.4 Å². The second kappa shape index (κ2) is 9.85. The maximum absolute atomic E-state index is 13.0. The van der Waals surface area contributed by atoms with Crippen LogP contribution in [0.4, 0.5) is 11.4 Å². The van der Waals surface area contributed by atoms with Crippen molar-refractivity contribution in [2.24, 2.45) is 0 Å². The predicted octanol–water partition coefficient (Wildman–Crippen LogP) is 7.09. The number of hydrogen-bond acceptors (Lipinski definition) is 5. The highest BCUT2D eigenvalue weighted by Crippen LogP contribution is 2.49. The first-order chi connectivity index (χ1) is 16.5. The Morgan fingerprint density at radius 1 is 1.09 bits per heavy atom. The second-order valence-electron chi connectivity index (χ2n) is 8.62. The summed E-state index contributed by atoms with van der Waals surface area (Å²) in [6.45, 7) is 2.09. The van der Waals surface area contributed by atoms with Crippen LogP contribution in [0.1, 0.15) is 43.5 Å². The van der Waals surface area contributed by atoms with Crippen LogP contribution in [0.25, 0.3) is 11.3 Å². The minimum atomic E-state index is -0.674. The molecule has 0 amide bonds. The largest absolute Gasteiger partial charge is 0.490 e. The lowest BCUT2D eigenvalue weighted by Gasteiger charge is -2.27. The van der Waals surface area contributed by atoms with Gasteiger partial charge in [0.05, 0.1) is 28.8 Å². The molecule has 1 fully saturated rings. The zero-order valence-electron chi connectivity index (χ0n) is 18.9. The highest BCUT2D eigenvalue weighted by molar-refractivity contribution is 6.30. The third-order valence-corrected chi connectivity index (χ3v) is 7.11. The van der Waals surface area contributed by atoms with Crippen LogP contribution in [0.5, 0.6) is 5.75 Å². The van der Waals surface area contributed by atoms with E-state index in [0.717, 1.165) is 46.8 Å². The van der Waals surface area contributed by atoms with Gasteiger partial charge >= 0.3 is 5.97 Å². The molecule has 2 atom stereocenters. The van der Waals surface area contributed by atoms with E-state index >= 15 is 0 Å². The number of carbonyl (C=O) groups is 1. The summed E-state index contributed by atoms with van der Waals surface area (Å²) in [6, 6.07) is 16.8. The molecule has 5 nitrogen and oxygen atoms in total. The van der Waals surface area contributed by atoms with Gasteiger partial charge < -0.3 is 14.4 Å². The molecule has 1 saturated carbocycles. The summed E-state index contributed by atoms with van der Waals surface area (Å²) >= 11 is 12.9. The molecule has 2 heterocycles. The van der Waals surface area contributed by atoms with Gasteiger partial charge in [0.2, 0.25) is 0 Å². The summed E-state index contributed by atoms with van der Waals surface area (Å²) < 4.78 is 11.5. The second-order valence-corrected chi connectivity index (χ2v) is 9.53. The highest BCUT2D eigenvalue weighted by atomic mass is 35.5. The van der Waals surface area contributed by atoms with E-state index in [1.807, 2.05) is 53.4 Å².